The molecule has 10 heteroatoms. The Balaban J connectivity index is 1.32. The average Bonchev–Trinajstić information content (AvgIpc) is 3.00. The predicted molar refractivity (Wildman–Crippen MR) is 178 cm³/mol. The molecule has 6 rings (SSSR count). The molecule has 3 aliphatic heterocycles. The lowest BCUT2D eigenvalue weighted by molar-refractivity contribution is 0.0145. The number of benzene rings is 2. The summed E-state index contributed by atoms with van der Waals surface area (Å²) >= 11 is 6.73. The van der Waals surface area contributed by atoms with Crippen LogP contribution in [0.1, 0.15) is 51.3 Å². The fraction of sp³-hybridized carbons (Fsp3) is 0.514. The van der Waals surface area contributed by atoms with E-state index in [0.29, 0.717) is 32.1 Å². The van der Waals surface area contributed by atoms with Crippen LogP contribution in [0.5, 0.6) is 5.88 Å². The Kier molecular flexibility index (Phi) is 8.98. The number of carbonyl (C=O) groups is 1. The Morgan fingerprint density at radius 3 is 2.53 bits per heavy atom. The molecule has 1 atom stereocenters. The number of rotatable bonds is 5. The molecule has 9 nitrogen and oxygen atoms in total. The highest BCUT2D eigenvalue weighted by Gasteiger charge is 2.35. The number of hydrogen-bond donors (Lipinski definition) is 0. The van der Waals surface area contributed by atoms with Gasteiger partial charge in [-0.3, -0.25) is 0 Å². The SMILES string of the molecule is CN1CCC(Oc2cc(N3CCN(C(=O)OC(C)(C)C)C(CC#N)C3)c3c(n2)CN(c2cccc4cccc(Cl)c24)CC3)CC1. The Labute approximate surface area is 271 Å². The highest BCUT2D eigenvalue weighted by Crippen LogP contribution is 2.38. The lowest BCUT2D eigenvalue weighted by Gasteiger charge is -2.43. The van der Waals surface area contributed by atoms with Crippen LogP contribution in [-0.2, 0) is 17.7 Å². The van der Waals surface area contributed by atoms with E-state index in [4.69, 9.17) is 26.1 Å². The second-order valence-electron chi connectivity index (χ2n) is 13.4. The Morgan fingerprint density at radius 1 is 1.04 bits per heavy atom. The molecule has 0 spiro atoms. The number of likely N-dealkylation sites (tertiary alicyclic amines) is 1. The second kappa shape index (κ2) is 12.9. The number of hydrogen-bond acceptors (Lipinski definition) is 8. The van der Waals surface area contributed by atoms with Crippen LogP contribution >= 0.6 is 11.6 Å². The van der Waals surface area contributed by atoms with Crippen LogP contribution < -0.4 is 14.5 Å². The van der Waals surface area contributed by atoms with E-state index < -0.39 is 5.60 Å². The molecule has 0 aliphatic carbocycles. The molecule has 3 aliphatic rings. The highest BCUT2D eigenvalue weighted by atomic mass is 35.5. The Morgan fingerprint density at radius 2 is 1.80 bits per heavy atom. The van der Waals surface area contributed by atoms with Crippen LogP contribution in [0, 0.1) is 11.3 Å². The maximum Gasteiger partial charge on any atom is 0.410 e. The zero-order chi connectivity index (χ0) is 31.7. The predicted octanol–water partition coefficient (Wildman–Crippen LogP) is 6.26. The lowest BCUT2D eigenvalue weighted by atomic mass is 9.98. The number of halogens is 1. The van der Waals surface area contributed by atoms with E-state index in [-0.39, 0.29) is 24.7 Å². The van der Waals surface area contributed by atoms with Crippen molar-refractivity contribution in [2.45, 2.75) is 70.7 Å². The van der Waals surface area contributed by atoms with Gasteiger partial charge in [0, 0.05) is 67.7 Å². The maximum atomic E-state index is 13.1. The number of nitrogens with zero attached hydrogens (tertiary/aromatic N) is 6. The zero-order valence-corrected chi connectivity index (χ0v) is 27.5. The lowest BCUT2D eigenvalue weighted by Crippen LogP contribution is -2.56. The van der Waals surface area contributed by atoms with Gasteiger partial charge < -0.3 is 29.1 Å². The molecule has 1 aromatic heterocycles. The fourth-order valence-corrected chi connectivity index (χ4v) is 7.05. The largest absolute Gasteiger partial charge is 0.474 e. The topological polar surface area (TPSA) is 85.2 Å². The molecule has 2 aromatic carbocycles. The first-order valence-electron chi connectivity index (χ1n) is 16.0. The number of fused-ring (bicyclic) bond motifs is 2. The first kappa shape index (κ1) is 31.3. The minimum absolute atomic E-state index is 0.117. The molecule has 45 heavy (non-hydrogen) atoms. The maximum absolute atomic E-state index is 13.1. The van der Waals surface area contributed by atoms with Gasteiger partial charge in [-0.15, -0.1) is 0 Å². The van der Waals surface area contributed by atoms with Gasteiger partial charge in [0.1, 0.15) is 11.7 Å². The smallest absolute Gasteiger partial charge is 0.410 e. The van der Waals surface area contributed by atoms with Crippen molar-refractivity contribution in [3.63, 3.8) is 0 Å². The first-order chi connectivity index (χ1) is 21.6. The van der Waals surface area contributed by atoms with Crippen LogP contribution in [0.4, 0.5) is 16.2 Å². The van der Waals surface area contributed by atoms with E-state index >= 15 is 0 Å². The minimum atomic E-state index is -0.601. The van der Waals surface area contributed by atoms with Gasteiger partial charge in [0.2, 0.25) is 5.88 Å². The number of nitriles is 1. The molecule has 0 N–H and O–H groups in total. The van der Waals surface area contributed by atoms with Crippen molar-refractivity contribution in [3.8, 4) is 11.9 Å². The minimum Gasteiger partial charge on any atom is -0.474 e. The van der Waals surface area contributed by atoms with E-state index in [2.05, 4.69) is 58.1 Å². The normalized spacial score (nSPS) is 19.7. The number of amides is 1. The van der Waals surface area contributed by atoms with Gasteiger partial charge in [-0.05, 0) is 64.6 Å². The van der Waals surface area contributed by atoms with Gasteiger partial charge in [-0.2, -0.15) is 5.26 Å². The van der Waals surface area contributed by atoms with Crippen LogP contribution in [0.2, 0.25) is 5.02 Å². The van der Waals surface area contributed by atoms with E-state index in [1.165, 1.54) is 5.56 Å². The molecule has 2 saturated heterocycles. The Hall–Kier alpha value is -3.74. The van der Waals surface area contributed by atoms with Gasteiger partial charge in [-0.25, -0.2) is 9.78 Å². The van der Waals surface area contributed by atoms with Gasteiger partial charge in [0.15, 0.2) is 0 Å². The van der Waals surface area contributed by atoms with E-state index in [9.17, 15) is 10.1 Å². The zero-order valence-electron chi connectivity index (χ0n) is 26.8. The van der Waals surface area contributed by atoms with E-state index in [1.807, 2.05) is 32.9 Å². The van der Waals surface area contributed by atoms with Gasteiger partial charge >= 0.3 is 6.09 Å². The third-order valence-corrected chi connectivity index (χ3v) is 9.35. The summed E-state index contributed by atoms with van der Waals surface area (Å²) in [7, 11) is 2.15. The molecule has 0 radical (unpaired) electrons. The summed E-state index contributed by atoms with van der Waals surface area (Å²) in [5.41, 5.74) is 3.79. The number of pyridine rings is 1. The monoisotopic (exact) mass is 630 g/mol. The second-order valence-corrected chi connectivity index (χ2v) is 13.9. The summed E-state index contributed by atoms with van der Waals surface area (Å²) in [4.78, 5) is 26.9. The molecule has 2 fully saturated rings. The standard InChI is InChI=1S/C35H43ClN6O3/c1-35(2,3)45-34(43)42-20-19-41(22-25(42)11-15-37)31-21-32(44-26-12-16-39(4)17-13-26)38-29-23-40(18-14-27(29)31)30-10-6-8-24-7-5-9-28(36)33(24)30/h5-10,21,25-26H,11-14,16-20,22-23H2,1-4H3. The number of anilines is 2. The first-order valence-corrected chi connectivity index (χ1v) is 16.4. The summed E-state index contributed by atoms with van der Waals surface area (Å²) in [6.45, 7) is 10.7. The van der Waals surface area contributed by atoms with Crippen LogP contribution in [0.3, 0.4) is 0 Å². The third kappa shape index (κ3) is 6.92. The van der Waals surface area contributed by atoms with Crippen molar-refractivity contribution < 1.29 is 14.3 Å². The summed E-state index contributed by atoms with van der Waals surface area (Å²) < 4.78 is 12.3. The molecule has 238 valence electrons. The van der Waals surface area contributed by atoms with Crippen LogP contribution in [0.15, 0.2) is 42.5 Å². The number of piperazine rings is 1. The van der Waals surface area contributed by atoms with Crippen molar-refractivity contribution in [1.29, 1.82) is 5.26 Å². The van der Waals surface area contributed by atoms with Crippen molar-refractivity contribution in [2.24, 2.45) is 0 Å². The van der Waals surface area contributed by atoms with Gasteiger partial charge in [-0.1, -0.05) is 35.9 Å². The molecule has 1 amide bonds. The van der Waals surface area contributed by atoms with Crippen molar-refractivity contribution >= 4 is 39.8 Å². The van der Waals surface area contributed by atoms with Crippen molar-refractivity contribution in [2.75, 3.05) is 56.1 Å². The molecule has 3 aromatic rings. The fourth-order valence-electron chi connectivity index (χ4n) is 6.77. The van der Waals surface area contributed by atoms with Crippen LogP contribution in [-0.4, -0.2) is 84.9 Å². The van der Waals surface area contributed by atoms with Crippen LogP contribution in [0.25, 0.3) is 10.8 Å². The number of aromatic nitrogens is 1. The number of piperidine rings is 1. The average molecular weight is 631 g/mol. The van der Waals surface area contributed by atoms with Crippen molar-refractivity contribution in [3.05, 3.63) is 58.7 Å². The molecule has 1 unspecified atom stereocenters. The van der Waals surface area contributed by atoms with Gasteiger partial charge in [0.25, 0.3) is 0 Å². The van der Waals surface area contributed by atoms with Gasteiger partial charge in [0.05, 0.1) is 35.8 Å². The third-order valence-electron chi connectivity index (χ3n) is 9.04. The number of carbonyl (C=O) groups excluding carboxylic acids is 1. The summed E-state index contributed by atoms with van der Waals surface area (Å²) in [6, 6.07) is 16.5. The summed E-state index contributed by atoms with van der Waals surface area (Å²) in [5.74, 6) is 0.641. The molecule has 0 saturated carbocycles. The Bertz CT molecular complexity index is 1590. The molecule has 0 bridgehead atoms. The van der Waals surface area contributed by atoms with E-state index in [0.717, 1.165) is 71.8 Å². The molecule has 4 heterocycles. The number of ether oxygens (including phenoxy) is 2. The molecular formula is C35H43ClN6O3. The highest BCUT2D eigenvalue weighted by molar-refractivity contribution is 6.36. The summed E-state index contributed by atoms with van der Waals surface area (Å²) in [6.07, 6.45) is 2.72. The van der Waals surface area contributed by atoms with E-state index in [1.54, 1.807) is 4.90 Å². The summed E-state index contributed by atoms with van der Waals surface area (Å²) in [5, 5.41) is 12.6. The quantitative estimate of drug-likeness (QED) is 0.326. The molecular weight excluding hydrogens is 588 g/mol. The van der Waals surface area contributed by atoms with Crippen molar-refractivity contribution in [1.82, 2.24) is 14.8 Å².